The summed E-state index contributed by atoms with van der Waals surface area (Å²) in [4.78, 5) is 28.8. The van der Waals surface area contributed by atoms with Crippen LogP contribution >= 0.6 is 22.9 Å². The molecule has 0 aliphatic carbocycles. The number of rotatable bonds is 5. The number of nitrogens with zero attached hydrogens (tertiary/aromatic N) is 1. The minimum Gasteiger partial charge on any atom is -0.507 e. The van der Waals surface area contributed by atoms with Gasteiger partial charge in [-0.1, -0.05) is 29.8 Å². The van der Waals surface area contributed by atoms with Gasteiger partial charge in [-0.25, -0.2) is 0 Å². The number of Topliss-reactive ketones (excluding diaryl/α,β-unsaturated/α-hetero) is 1. The molecule has 0 radical (unpaired) electrons. The molecule has 1 atom stereocenters. The summed E-state index contributed by atoms with van der Waals surface area (Å²) in [6.07, 6.45) is 0. The molecule has 1 fully saturated rings. The first-order valence-corrected chi connectivity index (χ1v) is 11.4. The molecule has 1 amide bonds. The molecule has 33 heavy (non-hydrogen) atoms. The fourth-order valence-corrected chi connectivity index (χ4v) is 5.04. The predicted molar refractivity (Wildman–Crippen MR) is 130 cm³/mol. The molecule has 1 N–H and O–H groups in total. The predicted octanol–water partition coefficient (Wildman–Crippen LogP) is 5.66. The van der Waals surface area contributed by atoms with Crippen LogP contribution in [0, 0.1) is 13.8 Å². The van der Waals surface area contributed by atoms with Crippen molar-refractivity contribution in [2.75, 3.05) is 19.1 Å². The van der Waals surface area contributed by atoms with Gasteiger partial charge in [-0.05, 0) is 48.6 Å². The Kier molecular flexibility index (Phi) is 6.19. The number of aliphatic hydroxyl groups is 1. The summed E-state index contributed by atoms with van der Waals surface area (Å²) in [6.45, 7) is 3.85. The van der Waals surface area contributed by atoms with E-state index in [1.54, 1.807) is 6.07 Å². The molecular formula is C25H22ClNO5S. The molecular weight excluding hydrogens is 462 g/mol. The Labute approximate surface area is 200 Å². The van der Waals surface area contributed by atoms with Gasteiger partial charge in [-0.3, -0.25) is 14.5 Å². The largest absolute Gasteiger partial charge is 0.507 e. The van der Waals surface area contributed by atoms with Crippen molar-refractivity contribution in [3.05, 3.63) is 80.0 Å². The number of ether oxygens (including phenoxy) is 2. The van der Waals surface area contributed by atoms with E-state index in [2.05, 4.69) is 0 Å². The van der Waals surface area contributed by atoms with E-state index < -0.39 is 17.7 Å². The van der Waals surface area contributed by atoms with Crippen molar-refractivity contribution < 1.29 is 24.2 Å². The summed E-state index contributed by atoms with van der Waals surface area (Å²) in [5.74, 6) is -1.28. The second-order valence-corrected chi connectivity index (χ2v) is 8.98. The van der Waals surface area contributed by atoms with Gasteiger partial charge in [0, 0.05) is 16.6 Å². The van der Waals surface area contributed by atoms with E-state index in [0.717, 1.165) is 16.0 Å². The normalized spacial score (nSPS) is 17.5. The smallest absolute Gasteiger partial charge is 0.300 e. The number of thiophene rings is 1. The Hall–Kier alpha value is -3.29. The molecule has 4 rings (SSSR count). The van der Waals surface area contributed by atoms with Gasteiger partial charge in [0.25, 0.3) is 11.7 Å². The van der Waals surface area contributed by atoms with Gasteiger partial charge < -0.3 is 14.6 Å². The lowest BCUT2D eigenvalue weighted by molar-refractivity contribution is -0.132. The van der Waals surface area contributed by atoms with E-state index in [0.29, 0.717) is 11.4 Å². The molecule has 0 bridgehead atoms. The second kappa shape index (κ2) is 8.92. The first-order chi connectivity index (χ1) is 15.8. The van der Waals surface area contributed by atoms with Gasteiger partial charge in [-0.15, -0.1) is 11.3 Å². The Morgan fingerprint density at radius 2 is 1.79 bits per heavy atom. The molecule has 1 aliphatic rings. The zero-order chi connectivity index (χ0) is 23.9. The zero-order valence-corrected chi connectivity index (χ0v) is 20.1. The maximum absolute atomic E-state index is 13.3. The summed E-state index contributed by atoms with van der Waals surface area (Å²) >= 11 is 7.61. The highest BCUT2D eigenvalue weighted by atomic mass is 35.5. The highest BCUT2D eigenvalue weighted by Crippen LogP contribution is 2.46. The van der Waals surface area contributed by atoms with Crippen molar-refractivity contribution in [3.8, 4) is 11.5 Å². The average molecular weight is 484 g/mol. The van der Waals surface area contributed by atoms with Crippen LogP contribution in [0.1, 0.15) is 27.6 Å². The second-order valence-electron chi connectivity index (χ2n) is 7.59. The molecule has 3 aromatic rings. The van der Waals surface area contributed by atoms with E-state index in [4.69, 9.17) is 21.1 Å². The van der Waals surface area contributed by atoms with Gasteiger partial charge in [0.05, 0.1) is 30.4 Å². The highest BCUT2D eigenvalue weighted by Gasteiger charge is 2.48. The summed E-state index contributed by atoms with van der Waals surface area (Å²) in [6, 6.07) is 11.5. The quantitative estimate of drug-likeness (QED) is 0.288. The molecule has 0 spiro atoms. The SMILES string of the molecule is COc1cc(/C(O)=C2\C(=O)C(=O)N(c3cccc(C)c3C)C2c2cccs2)c(OC)cc1Cl. The first kappa shape index (κ1) is 22.9. The third kappa shape index (κ3) is 3.77. The summed E-state index contributed by atoms with van der Waals surface area (Å²) in [5, 5.41) is 13.5. The number of anilines is 1. The minimum atomic E-state index is -0.795. The average Bonchev–Trinajstić information content (AvgIpc) is 3.42. The van der Waals surface area contributed by atoms with Gasteiger partial charge in [0.2, 0.25) is 0 Å². The maximum Gasteiger partial charge on any atom is 0.300 e. The monoisotopic (exact) mass is 483 g/mol. The third-order valence-electron chi connectivity index (χ3n) is 5.82. The summed E-state index contributed by atoms with van der Waals surface area (Å²) < 4.78 is 10.7. The topological polar surface area (TPSA) is 76.1 Å². The molecule has 0 saturated carbocycles. The lowest BCUT2D eigenvalue weighted by atomic mass is 9.98. The van der Waals surface area contributed by atoms with Crippen molar-refractivity contribution in [2.45, 2.75) is 19.9 Å². The number of halogens is 1. The number of hydrogen-bond acceptors (Lipinski definition) is 6. The van der Waals surface area contributed by atoms with Crippen LogP contribution in [0.15, 0.2) is 53.4 Å². The van der Waals surface area contributed by atoms with Gasteiger partial charge in [0.1, 0.15) is 23.3 Å². The number of aryl methyl sites for hydroxylation is 1. The lowest BCUT2D eigenvalue weighted by Crippen LogP contribution is -2.29. The van der Waals surface area contributed by atoms with Crippen LogP contribution < -0.4 is 14.4 Å². The third-order valence-corrected chi connectivity index (χ3v) is 7.04. The van der Waals surface area contributed by atoms with E-state index >= 15 is 0 Å². The number of aliphatic hydroxyl groups excluding tert-OH is 1. The number of ketones is 1. The number of carbonyl (C=O) groups excluding carboxylic acids is 2. The van der Waals surface area contributed by atoms with Crippen molar-refractivity contribution >= 4 is 46.1 Å². The first-order valence-electron chi connectivity index (χ1n) is 10.1. The van der Waals surface area contributed by atoms with Gasteiger partial charge in [0.15, 0.2) is 0 Å². The Morgan fingerprint density at radius 1 is 1.06 bits per heavy atom. The van der Waals surface area contributed by atoms with Crippen molar-refractivity contribution in [2.24, 2.45) is 0 Å². The summed E-state index contributed by atoms with van der Waals surface area (Å²) in [5.41, 5.74) is 2.68. The Morgan fingerprint density at radius 3 is 2.42 bits per heavy atom. The number of hydrogen-bond donors (Lipinski definition) is 1. The van der Waals surface area contributed by atoms with E-state index in [1.807, 2.05) is 43.5 Å². The molecule has 1 unspecified atom stereocenters. The van der Waals surface area contributed by atoms with Crippen LogP contribution in [0.25, 0.3) is 5.76 Å². The van der Waals surface area contributed by atoms with Crippen molar-refractivity contribution in [1.29, 1.82) is 0 Å². The van der Waals surface area contributed by atoms with Crippen LogP contribution in [0.3, 0.4) is 0 Å². The van der Waals surface area contributed by atoms with Crippen LogP contribution in [0.4, 0.5) is 5.69 Å². The van der Waals surface area contributed by atoms with E-state index in [9.17, 15) is 14.7 Å². The number of benzene rings is 2. The molecule has 1 saturated heterocycles. The van der Waals surface area contributed by atoms with Gasteiger partial charge >= 0.3 is 0 Å². The Balaban J connectivity index is 2.00. The number of carbonyl (C=O) groups is 2. The zero-order valence-electron chi connectivity index (χ0n) is 18.5. The lowest BCUT2D eigenvalue weighted by Gasteiger charge is -2.26. The molecule has 2 heterocycles. The van der Waals surface area contributed by atoms with Crippen LogP contribution in [0.5, 0.6) is 11.5 Å². The molecule has 1 aliphatic heterocycles. The highest BCUT2D eigenvalue weighted by molar-refractivity contribution is 7.10. The fraction of sp³-hybridized carbons (Fsp3) is 0.200. The van der Waals surface area contributed by atoms with Crippen molar-refractivity contribution in [3.63, 3.8) is 0 Å². The Bertz CT molecular complexity index is 1280. The molecule has 8 heteroatoms. The minimum absolute atomic E-state index is 0.0222. The van der Waals surface area contributed by atoms with Crippen LogP contribution in [-0.2, 0) is 9.59 Å². The van der Waals surface area contributed by atoms with E-state index in [1.165, 1.54) is 42.6 Å². The molecule has 6 nitrogen and oxygen atoms in total. The summed E-state index contributed by atoms with van der Waals surface area (Å²) in [7, 11) is 2.88. The fourth-order valence-electron chi connectivity index (χ4n) is 3.98. The molecule has 170 valence electrons. The molecule has 1 aromatic heterocycles. The number of amides is 1. The van der Waals surface area contributed by atoms with Crippen LogP contribution in [-0.4, -0.2) is 31.0 Å². The van der Waals surface area contributed by atoms with E-state index in [-0.39, 0.29) is 27.7 Å². The van der Waals surface area contributed by atoms with Gasteiger partial charge in [-0.2, -0.15) is 0 Å². The maximum atomic E-state index is 13.3. The molecule has 2 aromatic carbocycles. The standard InChI is InChI=1S/C25H22ClNO5S/c1-13-7-5-8-17(14(13)2)27-22(20-9-6-10-33-20)21(24(29)25(27)30)23(28)15-11-19(32-4)16(26)12-18(15)31-3/h5-12,22,28H,1-4H3/b23-21+. The van der Waals surface area contributed by atoms with Crippen LogP contribution in [0.2, 0.25) is 5.02 Å². The number of methoxy groups -OCH3 is 2. The van der Waals surface area contributed by atoms with Crippen molar-refractivity contribution in [1.82, 2.24) is 0 Å².